The van der Waals surface area contributed by atoms with E-state index >= 15 is 0 Å². The molecule has 6 heteroatoms. The second-order valence-electron chi connectivity index (χ2n) is 9.97. The van der Waals surface area contributed by atoms with Crippen LogP contribution in [0.25, 0.3) is 0 Å². The van der Waals surface area contributed by atoms with E-state index in [1.807, 2.05) is 24.3 Å². The van der Waals surface area contributed by atoms with Crippen LogP contribution in [0.15, 0.2) is 36.4 Å². The Labute approximate surface area is 209 Å². The van der Waals surface area contributed by atoms with E-state index in [2.05, 4.69) is 44.0 Å². The van der Waals surface area contributed by atoms with Crippen LogP contribution in [0.3, 0.4) is 0 Å². The molecular formula is C29H38N2O4. The molecule has 2 heterocycles. The Hall–Kier alpha value is -2.91. The van der Waals surface area contributed by atoms with Crippen LogP contribution in [0, 0.1) is 22.7 Å². The smallest absolute Gasteiger partial charge is 0.161 e. The quantitative estimate of drug-likeness (QED) is 0.466. The van der Waals surface area contributed by atoms with Gasteiger partial charge >= 0.3 is 0 Å². The zero-order valence-electron chi connectivity index (χ0n) is 21.7. The standard InChI is InChI=1S/C29H38N2O4/c1-6-20(2)29(19-30,28-18-34-24-11-7-8-12-25(24)35-28)13-9-10-23-14-21-15-26(32-4)27(33-5)16-22(21)17-31(23)3/h7-8,11-12,15-16,20,23,28H,6,9-10,13-14,17-18H2,1-5H3. The number of likely N-dealkylation sites (N-methyl/N-ethyl adjacent to an activating group) is 1. The topological polar surface area (TPSA) is 64.0 Å². The summed E-state index contributed by atoms with van der Waals surface area (Å²) in [5.41, 5.74) is 2.02. The third-order valence-electron chi connectivity index (χ3n) is 8.12. The molecule has 2 aliphatic rings. The minimum Gasteiger partial charge on any atom is -0.493 e. The van der Waals surface area contributed by atoms with Gasteiger partial charge in [-0.25, -0.2) is 0 Å². The van der Waals surface area contributed by atoms with Gasteiger partial charge in [-0.1, -0.05) is 38.8 Å². The van der Waals surface area contributed by atoms with E-state index in [0.29, 0.717) is 12.6 Å². The highest BCUT2D eigenvalue weighted by Gasteiger charge is 2.47. The Balaban J connectivity index is 1.47. The van der Waals surface area contributed by atoms with Crippen molar-refractivity contribution in [3.8, 4) is 29.1 Å². The lowest BCUT2D eigenvalue weighted by Crippen LogP contribution is -2.48. The van der Waals surface area contributed by atoms with Crippen molar-refractivity contribution in [1.82, 2.24) is 4.90 Å². The molecule has 4 atom stereocenters. The Bertz CT molecular complexity index is 1070. The molecule has 0 saturated heterocycles. The first-order valence-corrected chi connectivity index (χ1v) is 12.7. The molecule has 2 aliphatic heterocycles. The van der Waals surface area contributed by atoms with Gasteiger partial charge in [-0.3, -0.25) is 4.90 Å². The van der Waals surface area contributed by atoms with E-state index in [9.17, 15) is 5.26 Å². The van der Waals surface area contributed by atoms with Crippen molar-refractivity contribution in [2.75, 3.05) is 27.9 Å². The normalized spacial score (nSPS) is 21.8. The fourth-order valence-electron chi connectivity index (χ4n) is 5.66. The molecule has 2 aromatic carbocycles. The van der Waals surface area contributed by atoms with Gasteiger partial charge in [0, 0.05) is 12.6 Å². The molecule has 0 aromatic heterocycles. The predicted octanol–water partition coefficient (Wildman–Crippen LogP) is 5.63. The summed E-state index contributed by atoms with van der Waals surface area (Å²) in [6.45, 7) is 5.62. The van der Waals surface area contributed by atoms with Gasteiger partial charge in [-0.05, 0) is 67.6 Å². The monoisotopic (exact) mass is 478 g/mol. The average molecular weight is 479 g/mol. The van der Waals surface area contributed by atoms with Crippen molar-refractivity contribution in [1.29, 1.82) is 5.26 Å². The minimum absolute atomic E-state index is 0.202. The van der Waals surface area contributed by atoms with Crippen LogP contribution in [0.5, 0.6) is 23.0 Å². The first-order chi connectivity index (χ1) is 16.9. The summed E-state index contributed by atoms with van der Waals surface area (Å²) in [7, 11) is 5.55. The van der Waals surface area contributed by atoms with Crippen molar-refractivity contribution >= 4 is 0 Å². The van der Waals surface area contributed by atoms with Crippen molar-refractivity contribution in [2.24, 2.45) is 11.3 Å². The highest BCUT2D eigenvalue weighted by Crippen LogP contribution is 2.44. The maximum atomic E-state index is 10.5. The van der Waals surface area contributed by atoms with Gasteiger partial charge in [0.25, 0.3) is 0 Å². The molecule has 0 bridgehead atoms. The van der Waals surface area contributed by atoms with Gasteiger partial charge in [0.15, 0.2) is 29.1 Å². The van der Waals surface area contributed by atoms with Crippen molar-refractivity contribution in [2.45, 2.75) is 64.6 Å². The molecule has 0 spiro atoms. The predicted molar refractivity (Wildman–Crippen MR) is 136 cm³/mol. The molecule has 6 nitrogen and oxygen atoms in total. The summed E-state index contributed by atoms with van der Waals surface area (Å²) in [5.74, 6) is 3.26. The van der Waals surface area contributed by atoms with Crippen molar-refractivity contribution in [3.63, 3.8) is 0 Å². The number of methoxy groups -OCH3 is 2. The molecule has 35 heavy (non-hydrogen) atoms. The molecule has 0 fully saturated rings. The number of fused-ring (bicyclic) bond motifs is 2. The summed E-state index contributed by atoms with van der Waals surface area (Å²) in [6.07, 6.45) is 4.38. The zero-order chi connectivity index (χ0) is 25.0. The molecule has 4 rings (SSSR count). The summed E-state index contributed by atoms with van der Waals surface area (Å²) >= 11 is 0. The van der Waals surface area contributed by atoms with Crippen molar-refractivity contribution < 1.29 is 18.9 Å². The van der Waals surface area contributed by atoms with Crippen LogP contribution in [-0.4, -0.2) is 44.9 Å². The molecule has 2 aromatic rings. The lowest BCUT2D eigenvalue weighted by molar-refractivity contribution is -0.0166. The highest BCUT2D eigenvalue weighted by atomic mass is 16.6. The molecule has 0 radical (unpaired) electrons. The SMILES string of the molecule is CCC(C)C(C#N)(CCCC1Cc2cc(OC)c(OC)cc2CN1C)C1COc2ccccc2O1. The molecular weight excluding hydrogens is 440 g/mol. The van der Waals surface area contributed by atoms with Crippen LogP contribution in [0.2, 0.25) is 0 Å². The lowest BCUT2D eigenvalue weighted by atomic mass is 9.68. The maximum Gasteiger partial charge on any atom is 0.161 e. The van der Waals surface area contributed by atoms with E-state index < -0.39 is 5.41 Å². The van der Waals surface area contributed by atoms with Gasteiger partial charge in [0.05, 0.1) is 20.3 Å². The zero-order valence-corrected chi connectivity index (χ0v) is 21.7. The summed E-state index contributed by atoms with van der Waals surface area (Å²) in [5, 5.41) is 10.5. The van der Waals surface area contributed by atoms with Gasteiger partial charge in [0.1, 0.15) is 12.0 Å². The minimum atomic E-state index is -0.593. The van der Waals surface area contributed by atoms with E-state index in [-0.39, 0.29) is 12.0 Å². The number of nitrogens with zero attached hydrogens (tertiary/aromatic N) is 2. The second-order valence-corrected chi connectivity index (χ2v) is 9.97. The fourth-order valence-corrected chi connectivity index (χ4v) is 5.66. The van der Waals surface area contributed by atoms with Gasteiger partial charge in [-0.15, -0.1) is 0 Å². The number of ether oxygens (including phenoxy) is 4. The van der Waals surface area contributed by atoms with Gasteiger partial charge in [0.2, 0.25) is 0 Å². The van der Waals surface area contributed by atoms with Gasteiger partial charge in [-0.2, -0.15) is 5.26 Å². The second kappa shape index (κ2) is 10.8. The number of benzene rings is 2. The number of hydrogen-bond acceptors (Lipinski definition) is 6. The van der Waals surface area contributed by atoms with Crippen LogP contribution in [0.4, 0.5) is 0 Å². The molecule has 0 amide bonds. The fraction of sp³-hybridized carbons (Fsp3) is 0.552. The van der Waals surface area contributed by atoms with Crippen LogP contribution < -0.4 is 18.9 Å². The number of nitriles is 1. The summed E-state index contributed by atoms with van der Waals surface area (Å²) in [6, 6.07) is 15.1. The van der Waals surface area contributed by atoms with E-state index in [1.54, 1.807) is 14.2 Å². The molecule has 4 unspecified atom stereocenters. The average Bonchev–Trinajstić information content (AvgIpc) is 2.90. The Morgan fingerprint density at radius 3 is 2.49 bits per heavy atom. The number of hydrogen-bond donors (Lipinski definition) is 0. The first-order valence-electron chi connectivity index (χ1n) is 12.7. The lowest BCUT2D eigenvalue weighted by Gasteiger charge is -2.42. The van der Waals surface area contributed by atoms with Crippen molar-refractivity contribution in [3.05, 3.63) is 47.5 Å². The number of para-hydroxylation sites is 2. The Kier molecular flexibility index (Phi) is 7.76. The highest BCUT2D eigenvalue weighted by molar-refractivity contribution is 5.48. The molecule has 188 valence electrons. The van der Waals surface area contributed by atoms with Crippen LogP contribution in [0.1, 0.15) is 50.7 Å². The maximum absolute atomic E-state index is 10.5. The third kappa shape index (κ3) is 4.92. The molecule has 0 saturated carbocycles. The Morgan fingerprint density at radius 2 is 1.83 bits per heavy atom. The van der Waals surface area contributed by atoms with E-state index in [1.165, 1.54) is 11.1 Å². The third-order valence-corrected chi connectivity index (χ3v) is 8.12. The largest absolute Gasteiger partial charge is 0.493 e. The van der Waals surface area contributed by atoms with E-state index in [4.69, 9.17) is 18.9 Å². The number of rotatable bonds is 9. The van der Waals surface area contributed by atoms with Crippen LogP contribution in [-0.2, 0) is 13.0 Å². The summed E-state index contributed by atoms with van der Waals surface area (Å²) < 4.78 is 23.4. The first kappa shape index (κ1) is 25.2. The summed E-state index contributed by atoms with van der Waals surface area (Å²) in [4.78, 5) is 2.42. The Morgan fingerprint density at radius 1 is 1.14 bits per heavy atom. The van der Waals surface area contributed by atoms with Gasteiger partial charge < -0.3 is 18.9 Å². The van der Waals surface area contributed by atoms with Crippen LogP contribution >= 0.6 is 0 Å². The molecule has 0 aliphatic carbocycles. The van der Waals surface area contributed by atoms with E-state index in [0.717, 1.165) is 61.6 Å². The molecule has 0 N–H and O–H groups in total.